The van der Waals surface area contributed by atoms with E-state index in [1.165, 1.54) is 0 Å². The highest BCUT2D eigenvalue weighted by Crippen LogP contribution is 2.05. The van der Waals surface area contributed by atoms with E-state index in [-0.39, 0.29) is 11.7 Å². The van der Waals surface area contributed by atoms with Crippen LogP contribution >= 0.6 is 0 Å². The Hall–Kier alpha value is -1.36. The monoisotopic (exact) mass is 196 g/mol. The van der Waals surface area contributed by atoms with Gasteiger partial charge in [0.1, 0.15) is 11.5 Å². The minimum absolute atomic E-state index is 0.0410. The summed E-state index contributed by atoms with van der Waals surface area (Å²) in [6, 6.07) is 0. The van der Waals surface area contributed by atoms with Crippen molar-refractivity contribution in [2.24, 2.45) is 0 Å². The zero-order chi connectivity index (χ0) is 10.7. The summed E-state index contributed by atoms with van der Waals surface area (Å²) in [5.74, 6) is 0.634. The lowest BCUT2D eigenvalue weighted by atomic mass is 10.3. The van der Waals surface area contributed by atoms with Gasteiger partial charge in [-0.05, 0) is 27.8 Å². The van der Waals surface area contributed by atoms with E-state index >= 15 is 0 Å². The average molecular weight is 196 g/mol. The second kappa shape index (κ2) is 4.23. The van der Waals surface area contributed by atoms with Crippen molar-refractivity contribution in [3.8, 4) is 0 Å². The largest absolute Gasteiger partial charge is 0.364 e. The molecule has 5 nitrogen and oxygen atoms in total. The summed E-state index contributed by atoms with van der Waals surface area (Å²) in [4.78, 5) is 18.4. The summed E-state index contributed by atoms with van der Waals surface area (Å²) in [7, 11) is 1.82. The van der Waals surface area contributed by atoms with Gasteiger partial charge < -0.3 is 15.6 Å². The molecule has 0 bridgehead atoms. The highest BCUT2D eigenvalue weighted by Gasteiger charge is 2.07. The van der Waals surface area contributed by atoms with Crippen molar-refractivity contribution in [1.29, 1.82) is 0 Å². The molecule has 0 aliphatic carbocycles. The fourth-order valence-electron chi connectivity index (χ4n) is 1.19. The van der Waals surface area contributed by atoms with E-state index in [0.29, 0.717) is 17.2 Å². The molecule has 1 aromatic heterocycles. The topological polar surface area (TPSA) is 69.8 Å². The zero-order valence-corrected chi connectivity index (χ0v) is 8.93. The molecule has 0 radical (unpaired) electrons. The van der Waals surface area contributed by atoms with Crippen LogP contribution in [0.25, 0.3) is 0 Å². The molecule has 1 rings (SSSR count). The van der Waals surface area contributed by atoms with Gasteiger partial charge in [-0.1, -0.05) is 0 Å². The van der Waals surface area contributed by atoms with Gasteiger partial charge >= 0.3 is 0 Å². The van der Waals surface area contributed by atoms with Crippen LogP contribution in [0, 0.1) is 13.8 Å². The highest BCUT2D eigenvalue weighted by atomic mass is 16.1. The summed E-state index contributed by atoms with van der Waals surface area (Å²) in [5.41, 5.74) is 1.11. The minimum atomic E-state index is -0.128. The third-order valence-corrected chi connectivity index (χ3v) is 2.01. The molecule has 0 aliphatic rings. The van der Waals surface area contributed by atoms with Gasteiger partial charge in [0.15, 0.2) is 0 Å². The molecule has 0 amide bonds. The van der Waals surface area contributed by atoms with Gasteiger partial charge in [-0.2, -0.15) is 0 Å². The van der Waals surface area contributed by atoms with Gasteiger partial charge in [-0.25, -0.2) is 4.98 Å². The first-order valence-electron chi connectivity index (χ1n) is 4.56. The van der Waals surface area contributed by atoms with Crippen LogP contribution in [0.5, 0.6) is 0 Å². The standard InChI is InChI=1S/C9H16N4O/c1-5-8(12-6(2)10-4)9(14)13-7(3)11-5/h6,10,12H,1-4H3,(H,11,13,14). The Labute approximate surface area is 83.0 Å². The van der Waals surface area contributed by atoms with Crippen molar-refractivity contribution in [1.82, 2.24) is 15.3 Å². The Morgan fingerprint density at radius 3 is 2.57 bits per heavy atom. The Balaban J connectivity index is 3.03. The lowest BCUT2D eigenvalue weighted by molar-refractivity contribution is 0.679. The number of hydrogen-bond donors (Lipinski definition) is 3. The maximum Gasteiger partial charge on any atom is 0.274 e. The second-order valence-electron chi connectivity index (χ2n) is 3.27. The van der Waals surface area contributed by atoms with Crippen LogP contribution in [0.4, 0.5) is 5.69 Å². The quantitative estimate of drug-likeness (QED) is 0.611. The number of aromatic amines is 1. The van der Waals surface area contributed by atoms with Crippen molar-refractivity contribution in [2.75, 3.05) is 12.4 Å². The summed E-state index contributed by atoms with van der Waals surface area (Å²) >= 11 is 0. The van der Waals surface area contributed by atoms with E-state index in [4.69, 9.17) is 0 Å². The molecule has 5 heteroatoms. The molecule has 78 valence electrons. The molecule has 0 aromatic carbocycles. The number of anilines is 1. The SMILES string of the molecule is CNC(C)Nc1c(C)nc(C)[nH]c1=O. The molecule has 0 saturated heterocycles. The van der Waals surface area contributed by atoms with Gasteiger partial charge in [0.05, 0.1) is 11.9 Å². The average Bonchev–Trinajstić information content (AvgIpc) is 2.10. The highest BCUT2D eigenvalue weighted by molar-refractivity contribution is 5.45. The number of H-pyrrole nitrogens is 1. The van der Waals surface area contributed by atoms with Gasteiger partial charge in [-0.3, -0.25) is 4.79 Å². The summed E-state index contributed by atoms with van der Waals surface area (Å²) in [6.45, 7) is 5.51. The normalized spacial score (nSPS) is 12.6. The Morgan fingerprint density at radius 2 is 2.07 bits per heavy atom. The van der Waals surface area contributed by atoms with Crippen molar-refractivity contribution in [3.63, 3.8) is 0 Å². The maximum atomic E-state index is 11.5. The van der Waals surface area contributed by atoms with Crippen LogP contribution in [0.2, 0.25) is 0 Å². The van der Waals surface area contributed by atoms with Gasteiger partial charge in [0, 0.05) is 0 Å². The van der Waals surface area contributed by atoms with E-state index in [1.54, 1.807) is 6.92 Å². The number of hydrogen-bond acceptors (Lipinski definition) is 4. The third-order valence-electron chi connectivity index (χ3n) is 2.01. The van der Waals surface area contributed by atoms with Crippen LogP contribution in [0.1, 0.15) is 18.4 Å². The molecule has 1 aromatic rings. The Bertz CT molecular complexity index is 372. The van der Waals surface area contributed by atoms with Crippen molar-refractivity contribution in [3.05, 3.63) is 21.9 Å². The number of nitrogens with zero attached hydrogens (tertiary/aromatic N) is 1. The van der Waals surface area contributed by atoms with Gasteiger partial charge in [0.25, 0.3) is 5.56 Å². The van der Waals surface area contributed by atoms with Crippen LogP contribution in [-0.4, -0.2) is 23.2 Å². The molecule has 3 N–H and O–H groups in total. The second-order valence-corrected chi connectivity index (χ2v) is 3.27. The van der Waals surface area contributed by atoms with Crippen molar-refractivity contribution in [2.45, 2.75) is 26.9 Å². The van der Waals surface area contributed by atoms with E-state index in [0.717, 1.165) is 0 Å². The smallest absolute Gasteiger partial charge is 0.274 e. The number of rotatable bonds is 3. The third kappa shape index (κ3) is 2.32. The molecule has 0 fully saturated rings. The van der Waals surface area contributed by atoms with Crippen molar-refractivity contribution >= 4 is 5.69 Å². The van der Waals surface area contributed by atoms with Crippen LogP contribution < -0.4 is 16.2 Å². The fraction of sp³-hybridized carbons (Fsp3) is 0.556. The first kappa shape index (κ1) is 10.7. The van der Waals surface area contributed by atoms with E-state index < -0.39 is 0 Å². The molecule has 0 aliphatic heterocycles. The lowest BCUT2D eigenvalue weighted by Crippen LogP contribution is -2.33. The van der Waals surface area contributed by atoms with Gasteiger partial charge in [-0.15, -0.1) is 0 Å². The summed E-state index contributed by atoms with van der Waals surface area (Å²) < 4.78 is 0. The summed E-state index contributed by atoms with van der Waals surface area (Å²) in [5, 5.41) is 6.03. The predicted octanol–water partition coefficient (Wildman–Crippen LogP) is 0.364. The molecule has 14 heavy (non-hydrogen) atoms. The molecular formula is C9H16N4O. The molecule has 1 unspecified atom stereocenters. The maximum absolute atomic E-state index is 11.5. The van der Waals surface area contributed by atoms with Crippen molar-refractivity contribution < 1.29 is 0 Å². The Morgan fingerprint density at radius 1 is 1.43 bits per heavy atom. The molecule has 1 heterocycles. The number of aryl methyl sites for hydroxylation is 2. The number of nitrogens with one attached hydrogen (secondary N) is 3. The molecular weight excluding hydrogens is 180 g/mol. The fourth-order valence-corrected chi connectivity index (χ4v) is 1.19. The minimum Gasteiger partial charge on any atom is -0.364 e. The molecule has 0 saturated carbocycles. The first-order chi connectivity index (χ1) is 6.54. The van der Waals surface area contributed by atoms with Crippen LogP contribution in [0.3, 0.4) is 0 Å². The molecule has 1 atom stereocenters. The zero-order valence-electron chi connectivity index (χ0n) is 8.93. The predicted molar refractivity (Wildman–Crippen MR) is 56.5 cm³/mol. The van der Waals surface area contributed by atoms with Crippen LogP contribution in [-0.2, 0) is 0 Å². The lowest BCUT2D eigenvalue weighted by Gasteiger charge is -2.14. The summed E-state index contributed by atoms with van der Waals surface area (Å²) in [6.07, 6.45) is 0.0410. The molecule has 0 spiro atoms. The van der Waals surface area contributed by atoms with Gasteiger partial charge in [0.2, 0.25) is 0 Å². The Kier molecular flexibility index (Phi) is 3.24. The van der Waals surface area contributed by atoms with E-state index in [1.807, 2.05) is 20.9 Å². The van der Waals surface area contributed by atoms with Crippen LogP contribution in [0.15, 0.2) is 4.79 Å². The number of aromatic nitrogens is 2. The first-order valence-corrected chi connectivity index (χ1v) is 4.56. The van der Waals surface area contributed by atoms with E-state index in [2.05, 4.69) is 20.6 Å². The van der Waals surface area contributed by atoms with E-state index in [9.17, 15) is 4.79 Å².